The van der Waals surface area contributed by atoms with Crippen molar-refractivity contribution in [3.8, 4) is 0 Å². The van der Waals surface area contributed by atoms with Gasteiger partial charge in [-0.3, -0.25) is 4.79 Å². The molecule has 0 saturated heterocycles. The monoisotopic (exact) mass is 211 g/mol. The van der Waals surface area contributed by atoms with E-state index in [1.807, 2.05) is 0 Å². The molecule has 0 radical (unpaired) electrons. The van der Waals surface area contributed by atoms with Crippen molar-refractivity contribution in [1.82, 2.24) is 5.32 Å². The smallest absolute Gasteiger partial charge is 0.172 e. The molecule has 2 aliphatic rings. The van der Waals surface area contributed by atoms with Gasteiger partial charge < -0.3 is 5.32 Å². The van der Waals surface area contributed by atoms with Crippen LogP contribution in [-0.4, -0.2) is 16.4 Å². The molecule has 2 nitrogen and oxygen atoms in total. The predicted molar refractivity (Wildman–Crippen MR) is 60.1 cm³/mol. The van der Waals surface area contributed by atoms with Crippen LogP contribution < -0.4 is 5.32 Å². The number of rotatable bonds is 0. The summed E-state index contributed by atoms with van der Waals surface area (Å²) in [7, 11) is 0. The van der Waals surface area contributed by atoms with Crippen molar-refractivity contribution < 1.29 is 4.79 Å². The molecule has 1 unspecified atom stereocenters. The standard InChI is InChI=1S/C11H17NOS/c1-10(2,3)8-5-4-6-14-11(12-8)7-9(11)13/h5,12H,4,6-7H2,1-3H3. The van der Waals surface area contributed by atoms with Crippen LogP contribution in [-0.2, 0) is 4.79 Å². The third kappa shape index (κ3) is 1.70. The van der Waals surface area contributed by atoms with Gasteiger partial charge in [-0.15, -0.1) is 11.8 Å². The number of hydrogen-bond donors (Lipinski definition) is 1. The Labute approximate surface area is 89.5 Å². The van der Waals surface area contributed by atoms with Crippen LogP contribution in [0.4, 0.5) is 0 Å². The van der Waals surface area contributed by atoms with E-state index in [1.165, 1.54) is 5.70 Å². The van der Waals surface area contributed by atoms with Gasteiger partial charge in [0.05, 0.1) is 0 Å². The summed E-state index contributed by atoms with van der Waals surface area (Å²) in [6, 6.07) is 0. The van der Waals surface area contributed by atoms with Crippen LogP contribution in [0.2, 0.25) is 0 Å². The lowest BCUT2D eigenvalue weighted by Gasteiger charge is -2.26. The Balaban J connectivity index is 2.18. The zero-order valence-corrected chi connectivity index (χ0v) is 9.83. The van der Waals surface area contributed by atoms with Gasteiger partial charge in [-0.1, -0.05) is 26.8 Å². The Bertz CT molecular complexity index is 303. The lowest BCUT2D eigenvalue weighted by Crippen LogP contribution is -2.34. The quantitative estimate of drug-likeness (QED) is 0.666. The first kappa shape index (κ1) is 10.1. The molecule has 78 valence electrons. The molecular weight excluding hydrogens is 194 g/mol. The summed E-state index contributed by atoms with van der Waals surface area (Å²) in [5, 5.41) is 3.43. The molecule has 1 heterocycles. The lowest BCUT2D eigenvalue weighted by molar-refractivity contribution is -0.110. The summed E-state index contributed by atoms with van der Waals surface area (Å²) >= 11 is 1.77. The van der Waals surface area contributed by atoms with E-state index in [1.54, 1.807) is 11.8 Å². The molecule has 2 rings (SSSR count). The van der Waals surface area contributed by atoms with Crippen molar-refractivity contribution in [2.75, 3.05) is 5.75 Å². The largest absolute Gasteiger partial charge is 0.367 e. The fourth-order valence-corrected chi connectivity index (χ4v) is 2.82. The number of allylic oxidation sites excluding steroid dienone is 2. The molecular formula is C11H17NOS. The van der Waals surface area contributed by atoms with Crippen molar-refractivity contribution in [1.29, 1.82) is 0 Å². The zero-order chi connectivity index (χ0) is 10.4. The Hall–Kier alpha value is -0.440. The highest BCUT2D eigenvalue weighted by Gasteiger charge is 2.55. The first-order valence-corrected chi connectivity index (χ1v) is 6.09. The Morgan fingerprint density at radius 3 is 2.64 bits per heavy atom. The summed E-state index contributed by atoms with van der Waals surface area (Å²) in [4.78, 5) is 11.1. The number of ketones is 1. The van der Waals surface area contributed by atoms with Gasteiger partial charge in [-0.2, -0.15) is 0 Å². The number of Topliss-reactive ketones (excluding diaryl/α,β-unsaturated/α-hetero) is 1. The second-order valence-corrected chi connectivity index (χ2v) is 6.45. The molecule has 1 N–H and O–H groups in total. The van der Waals surface area contributed by atoms with E-state index in [4.69, 9.17) is 0 Å². The Morgan fingerprint density at radius 1 is 1.50 bits per heavy atom. The molecule has 3 heteroatoms. The van der Waals surface area contributed by atoms with E-state index in [0.717, 1.165) is 12.2 Å². The lowest BCUT2D eigenvalue weighted by atomic mass is 9.91. The maximum absolute atomic E-state index is 11.4. The van der Waals surface area contributed by atoms with Crippen LogP contribution >= 0.6 is 11.8 Å². The molecule has 1 fully saturated rings. The number of thioether (sulfide) groups is 1. The van der Waals surface area contributed by atoms with Crippen molar-refractivity contribution >= 4 is 17.5 Å². The summed E-state index contributed by atoms with van der Waals surface area (Å²) < 4.78 is 0. The maximum atomic E-state index is 11.4. The maximum Gasteiger partial charge on any atom is 0.172 e. The van der Waals surface area contributed by atoms with Gasteiger partial charge in [-0.05, 0) is 12.2 Å². The molecule has 0 aromatic rings. The van der Waals surface area contributed by atoms with Crippen molar-refractivity contribution in [2.24, 2.45) is 5.41 Å². The van der Waals surface area contributed by atoms with Crippen LogP contribution in [0.5, 0.6) is 0 Å². The van der Waals surface area contributed by atoms with Crippen molar-refractivity contribution in [2.45, 2.75) is 38.5 Å². The van der Waals surface area contributed by atoms with E-state index >= 15 is 0 Å². The van der Waals surface area contributed by atoms with Gasteiger partial charge in [0, 0.05) is 17.5 Å². The van der Waals surface area contributed by atoms with Crippen LogP contribution in [0.15, 0.2) is 11.8 Å². The molecule has 0 aromatic heterocycles. The molecule has 1 saturated carbocycles. The van der Waals surface area contributed by atoms with Crippen LogP contribution in [0.1, 0.15) is 33.6 Å². The van der Waals surface area contributed by atoms with Crippen LogP contribution in [0.25, 0.3) is 0 Å². The third-order valence-corrected chi connectivity index (χ3v) is 4.10. The average molecular weight is 211 g/mol. The summed E-state index contributed by atoms with van der Waals surface area (Å²) in [5.74, 6) is 1.41. The highest BCUT2D eigenvalue weighted by Crippen LogP contribution is 2.46. The number of hydrogen-bond acceptors (Lipinski definition) is 3. The van der Waals surface area contributed by atoms with Gasteiger partial charge in [0.1, 0.15) is 4.87 Å². The minimum Gasteiger partial charge on any atom is -0.367 e. The first-order chi connectivity index (χ1) is 6.44. The Morgan fingerprint density at radius 2 is 2.14 bits per heavy atom. The van der Waals surface area contributed by atoms with Crippen molar-refractivity contribution in [3.05, 3.63) is 11.8 Å². The highest BCUT2D eigenvalue weighted by molar-refractivity contribution is 8.02. The molecule has 1 aliphatic heterocycles. The van der Waals surface area contributed by atoms with Crippen molar-refractivity contribution in [3.63, 3.8) is 0 Å². The zero-order valence-electron chi connectivity index (χ0n) is 9.02. The van der Waals surface area contributed by atoms with Gasteiger partial charge >= 0.3 is 0 Å². The third-order valence-electron chi connectivity index (χ3n) is 2.69. The van der Waals surface area contributed by atoms with E-state index in [-0.39, 0.29) is 10.3 Å². The number of carbonyl (C=O) groups excluding carboxylic acids is 1. The second-order valence-electron chi connectivity index (χ2n) is 5.06. The Kier molecular flexibility index (Phi) is 2.18. The first-order valence-electron chi connectivity index (χ1n) is 5.10. The van der Waals surface area contributed by atoms with E-state index in [0.29, 0.717) is 12.2 Å². The second kappa shape index (κ2) is 3.02. The van der Waals surface area contributed by atoms with Gasteiger partial charge in [0.2, 0.25) is 0 Å². The molecule has 1 atom stereocenters. The van der Waals surface area contributed by atoms with E-state index in [2.05, 4.69) is 32.2 Å². The molecule has 14 heavy (non-hydrogen) atoms. The normalized spacial score (nSPS) is 32.2. The predicted octanol–water partition coefficient (Wildman–Crippen LogP) is 2.31. The highest BCUT2D eigenvalue weighted by atomic mass is 32.2. The minimum absolute atomic E-state index is 0.126. The van der Waals surface area contributed by atoms with E-state index < -0.39 is 0 Å². The van der Waals surface area contributed by atoms with Gasteiger partial charge in [0.15, 0.2) is 5.78 Å². The van der Waals surface area contributed by atoms with Crippen LogP contribution in [0, 0.1) is 5.41 Å². The number of nitrogens with one attached hydrogen (secondary N) is 1. The summed E-state index contributed by atoms with van der Waals surface area (Å²) in [6.45, 7) is 6.55. The van der Waals surface area contributed by atoms with Crippen LogP contribution in [0.3, 0.4) is 0 Å². The fraction of sp³-hybridized carbons (Fsp3) is 0.727. The minimum atomic E-state index is -0.240. The summed E-state index contributed by atoms with van der Waals surface area (Å²) in [6.07, 6.45) is 4.01. The molecule has 0 bridgehead atoms. The molecule has 1 aliphatic carbocycles. The summed E-state index contributed by atoms with van der Waals surface area (Å²) in [5.41, 5.74) is 1.36. The average Bonchev–Trinajstić information content (AvgIpc) is 2.73. The van der Waals surface area contributed by atoms with Gasteiger partial charge in [-0.25, -0.2) is 0 Å². The SMILES string of the molecule is CC(C)(C)C1=CCCSC2(CC2=O)N1. The number of carbonyl (C=O) groups is 1. The topological polar surface area (TPSA) is 29.1 Å². The fourth-order valence-electron chi connectivity index (χ4n) is 1.66. The van der Waals surface area contributed by atoms with E-state index in [9.17, 15) is 4.79 Å². The molecule has 0 amide bonds. The van der Waals surface area contributed by atoms with Gasteiger partial charge in [0.25, 0.3) is 0 Å². The molecule has 0 aromatic carbocycles. The molecule has 1 spiro atoms.